The lowest BCUT2D eigenvalue weighted by Gasteiger charge is -2.33. The van der Waals surface area contributed by atoms with E-state index >= 15 is 0 Å². The van der Waals surface area contributed by atoms with Crippen LogP contribution in [-0.4, -0.2) is 11.9 Å². The number of amides is 1. The average molecular weight is 670 g/mol. The molecular formula is C46H55NO3. The van der Waals surface area contributed by atoms with Crippen LogP contribution in [-0.2, 0) is 15.6 Å². The van der Waals surface area contributed by atoms with Gasteiger partial charge < -0.3 is 10.1 Å². The molecule has 1 unspecified atom stereocenters. The predicted octanol–water partition coefficient (Wildman–Crippen LogP) is 11.4. The zero-order valence-electron chi connectivity index (χ0n) is 32.4. The molecule has 0 heterocycles. The first-order chi connectivity index (χ1) is 23.0. The number of carbonyl (C=O) groups is 2. The van der Waals surface area contributed by atoms with Crippen molar-refractivity contribution in [2.24, 2.45) is 10.8 Å². The molecule has 0 spiro atoms. The van der Waals surface area contributed by atoms with Crippen molar-refractivity contribution in [2.45, 2.75) is 107 Å². The van der Waals surface area contributed by atoms with Crippen LogP contribution < -0.4 is 10.1 Å². The molecule has 1 atom stereocenters. The summed E-state index contributed by atoms with van der Waals surface area (Å²) >= 11 is 0. The molecule has 4 nitrogen and oxygen atoms in total. The molecule has 1 amide bonds. The second-order valence-electron chi connectivity index (χ2n) is 17.6. The summed E-state index contributed by atoms with van der Waals surface area (Å²) < 4.78 is 6.32. The van der Waals surface area contributed by atoms with E-state index in [1.54, 1.807) is 0 Å². The van der Waals surface area contributed by atoms with Crippen LogP contribution in [0.25, 0.3) is 5.57 Å². The van der Waals surface area contributed by atoms with Gasteiger partial charge in [-0.3, -0.25) is 4.79 Å². The van der Waals surface area contributed by atoms with E-state index in [0.717, 1.165) is 55.7 Å². The maximum atomic E-state index is 14.0. The SMILES string of the molecule is C#Cc1cccc(C(=C2C=C(C(C)(C)C)C(=O)C(C(C)(C)C)=C2)c2cc(C(C)(C)C)c(OC(=O)NC(C)c3ccccc3)c(C(C)(C)C)c2)c1. The van der Waals surface area contributed by atoms with Crippen molar-refractivity contribution in [3.05, 3.63) is 129 Å². The van der Waals surface area contributed by atoms with Gasteiger partial charge in [-0.2, -0.15) is 0 Å². The highest BCUT2D eigenvalue weighted by molar-refractivity contribution is 6.12. The monoisotopic (exact) mass is 669 g/mol. The third-order valence-corrected chi connectivity index (χ3v) is 9.13. The molecule has 1 aliphatic rings. The molecule has 1 aliphatic carbocycles. The topological polar surface area (TPSA) is 55.4 Å². The van der Waals surface area contributed by atoms with Gasteiger partial charge in [-0.1, -0.05) is 131 Å². The number of terminal acetylenes is 1. The zero-order valence-corrected chi connectivity index (χ0v) is 32.4. The van der Waals surface area contributed by atoms with Crippen LogP contribution in [0.5, 0.6) is 5.75 Å². The summed E-state index contributed by atoms with van der Waals surface area (Å²) in [6.07, 6.45) is 9.54. The number of hydrogen-bond donors (Lipinski definition) is 1. The number of allylic oxidation sites excluding steroid dienone is 5. The van der Waals surface area contributed by atoms with E-state index in [-0.39, 0.29) is 22.7 Å². The van der Waals surface area contributed by atoms with Crippen LogP contribution in [0.2, 0.25) is 0 Å². The molecular weight excluding hydrogens is 615 g/mol. The Bertz CT molecular complexity index is 1850. The quantitative estimate of drug-likeness (QED) is 0.275. The van der Waals surface area contributed by atoms with E-state index in [0.29, 0.717) is 5.75 Å². The Labute approximate surface area is 301 Å². The molecule has 4 heteroatoms. The Kier molecular flexibility index (Phi) is 10.7. The van der Waals surface area contributed by atoms with Gasteiger partial charge in [0.2, 0.25) is 0 Å². The van der Waals surface area contributed by atoms with Crippen molar-refractivity contribution in [3.63, 3.8) is 0 Å². The molecule has 0 aromatic heterocycles. The first-order valence-electron chi connectivity index (χ1n) is 17.6. The third kappa shape index (κ3) is 8.56. The fourth-order valence-corrected chi connectivity index (χ4v) is 6.27. The van der Waals surface area contributed by atoms with E-state index in [1.807, 2.05) is 55.5 Å². The standard InChI is InChI=1S/C46H55NO3/c1-15-30-20-19-23-32(24-30)39(33-25-35(43(3,4)5)40(48)36(26-33)44(6,7)8)34-27-37(45(9,10)11)41(38(28-34)46(12,13)14)50-42(49)47-29(2)31-21-17-16-18-22-31/h1,16-29H,2-14H3,(H,47,49). The minimum Gasteiger partial charge on any atom is -0.410 e. The van der Waals surface area contributed by atoms with Crippen LogP contribution in [0, 0.1) is 23.2 Å². The molecule has 1 N–H and O–H groups in total. The smallest absolute Gasteiger partial charge is 0.410 e. The summed E-state index contributed by atoms with van der Waals surface area (Å²) in [6, 6.07) is 21.9. The Morgan fingerprint density at radius 1 is 0.700 bits per heavy atom. The van der Waals surface area contributed by atoms with Crippen molar-refractivity contribution < 1.29 is 14.3 Å². The van der Waals surface area contributed by atoms with Gasteiger partial charge in [0.15, 0.2) is 5.78 Å². The minimum absolute atomic E-state index is 0.0794. The lowest BCUT2D eigenvalue weighted by molar-refractivity contribution is -0.114. The molecule has 3 aromatic carbocycles. The van der Waals surface area contributed by atoms with Crippen molar-refractivity contribution in [1.29, 1.82) is 0 Å². The van der Waals surface area contributed by atoms with Crippen molar-refractivity contribution >= 4 is 17.4 Å². The van der Waals surface area contributed by atoms with Gasteiger partial charge >= 0.3 is 6.09 Å². The van der Waals surface area contributed by atoms with E-state index in [2.05, 4.69) is 125 Å². The Morgan fingerprint density at radius 2 is 1.22 bits per heavy atom. The largest absolute Gasteiger partial charge is 0.413 e. The first kappa shape index (κ1) is 38.2. The van der Waals surface area contributed by atoms with Crippen LogP contribution in [0.4, 0.5) is 4.79 Å². The minimum atomic E-state index is -0.508. The molecule has 0 aliphatic heterocycles. The summed E-state index contributed by atoms with van der Waals surface area (Å²) in [6.45, 7) is 27.3. The average Bonchev–Trinajstić information content (AvgIpc) is 3.00. The third-order valence-electron chi connectivity index (χ3n) is 9.13. The second kappa shape index (κ2) is 13.9. The number of hydrogen-bond acceptors (Lipinski definition) is 3. The van der Waals surface area contributed by atoms with Crippen LogP contribution >= 0.6 is 0 Å². The molecule has 50 heavy (non-hydrogen) atoms. The molecule has 3 aromatic rings. The Balaban J connectivity index is 2.08. The molecule has 0 fully saturated rings. The maximum absolute atomic E-state index is 14.0. The van der Waals surface area contributed by atoms with Crippen LogP contribution in [0.3, 0.4) is 0 Å². The van der Waals surface area contributed by atoms with Crippen LogP contribution in [0.1, 0.15) is 129 Å². The van der Waals surface area contributed by atoms with Crippen molar-refractivity contribution in [2.75, 3.05) is 0 Å². The number of rotatable bonds is 5. The predicted molar refractivity (Wildman–Crippen MR) is 208 cm³/mol. The fourth-order valence-electron chi connectivity index (χ4n) is 6.27. The number of benzene rings is 3. The van der Waals surface area contributed by atoms with Gasteiger partial charge in [0, 0.05) is 27.8 Å². The first-order valence-corrected chi connectivity index (χ1v) is 17.6. The summed E-state index contributed by atoms with van der Waals surface area (Å²) in [5.41, 5.74) is 7.35. The molecule has 0 radical (unpaired) electrons. The summed E-state index contributed by atoms with van der Waals surface area (Å²) in [5.74, 6) is 3.45. The normalized spacial score (nSPS) is 14.7. The van der Waals surface area contributed by atoms with Crippen LogP contribution in [0.15, 0.2) is 95.6 Å². The Hall–Kier alpha value is -4.62. The highest BCUT2D eigenvalue weighted by Gasteiger charge is 2.36. The number of ether oxygens (including phenoxy) is 1. The number of nitrogens with one attached hydrogen (secondary N) is 1. The molecule has 262 valence electrons. The van der Waals surface area contributed by atoms with Crippen molar-refractivity contribution in [1.82, 2.24) is 5.32 Å². The molecule has 0 saturated carbocycles. The van der Waals surface area contributed by atoms with Crippen molar-refractivity contribution in [3.8, 4) is 18.1 Å². The molecule has 4 rings (SSSR count). The fraction of sp³-hybridized carbons (Fsp3) is 0.391. The van der Waals surface area contributed by atoms with Gasteiger partial charge in [-0.25, -0.2) is 4.79 Å². The number of ketones is 1. The van der Waals surface area contributed by atoms with E-state index in [4.69, 9.17) is 11.2 Å². The summed E-state index contributed by atoms with van der Waals surface area (Å²) in [5, 5.41) is 3.03. The van der Waals surface area contributed by atoms with Gasteiger partial charge in [-0.15, -0.1) is 6.42 Å². The van der Waals surface area contributed by atoms with Gasteiger partial charge in [0.05, 0.1) is 6.04 Å². The maximum Gasteiger partial charge on any atom is 0.413 e. The van der Waals surface area contributed by atoms with Gasteiger partial charge in [0.1, 0.15) is 5.75 Å². The lowest BCUT2D eigenvalue weighted by atomic mass is 9.70. The number of Topliss-reactive ketones (excluding diaryl/α,β-unsaturated/α-hetero) is 1. The summed E-state index contributed by atoms with van der Waals surface area (Å²) in [4.78, 5) is 27.6. The van der Waals surface area contributed by atoms with Gasteiger partial charge in [-0.05, 0) is 92.8 Å². The second-order valence-corrected chi connectivity index (χ2v) is 17.6. The van der Waals surface area contributed by atoms with E-state index in [9.17, 15) is 9.59 Å². The van der Waals surface area contributed by atoms with E-state index in [1.165, 1.54) is 0 Å². The summed E-state index contributed by atoms with van der Waals surface area (Å²) in [7, 11) is 0. The number of carbonyl (C=O) groups excluding carboxylic acids is 2. The molecule has 0 saturated heterocycles. The lowest BCUT2D eigenvalue weighted by Crippen LogP contribution is -2.31. The Morgan fingerprint density at radius 3 is 1.68 bits per heavy atom. The van der Waals surface area contributed by atoms with E-state index < -0.39 is 16.9 Å². The zero-order chi connectivity index (χ0) is 37.4. The van der Waals surface area contributed by atoms with Gasteiger partial charge in [0.25, 0.3) is 0 Å². The highest BCUT2D eigenvalue weighted by Crippen LogP contribution is 2.46. The highest BCUT2D eigenvalue weighted by atomic mass is 16.6. The molecule has 0 bridgehead atoms.